The molecular formula is C14H13F3N2S. The highest BCUT2D eigenvalue weighted by Gasteiger charge is 2.30. The van der Waals surface area contributed by atoms with Gasteiger partial charge in [-0.15, -0.1) is 0 Å². The summed E-state index contributed by atoms with van der Waals surface area (Å²) in [5.74, 6) is 0. The Kier molecular flexibility index (Phi) is 3.69. The van der Waals surface area contributed by atoms with Crippen LogP contribution in [0.5, 0.6) is 0 Å². The topological polar surface area (TPSA) is 28.7 Å². The van der Waals surface area contributed by atoms with E-state index in [1.54, 1.807) is 6.92 Å². The normalized spacial score (nSPS) is 11.7. The molecule has 0 aliphatic carbocycles. The van der Waals surface area contributed by atoms with E-state index in [1.165, 1.54) is 6.07 Å². The second-order valence-electron chi connectivity index (χ2n) is 4.68. The van der Waals surface area contributed by atoms with E-state index in [9.17, 15) is 13.2 Å². The summed E-state index contributed by atoms with van der Waals surface area (Å²) in [6.07, 6.45) is -4.34. The Bertz CT molecular complexity index is 717. The number of hydrogen-bond donors (Lipinski definition) is 1. The van der Waals surface area contributed by atoms with Gasteiger partial charge in [-0.25, -0.2) is 0 Å². The third-order valence-electron chi connectivity index (χ3n) is 3.34. The lowest BCUT2D eigenvalue weighted by Crippen LogP contribution is -2.06. The van der Waals surface area contributed by atoms with Crippen molar-refractivity contribution in [3.63, 3.8) is 0 Å². The quantitative estimate of drug-likeness (QED) is 0.770. The molecule has 0 amide bonds. The number of nitrogens with zero attached hydrogens (tertiary/aromatic N) is 1. The largest absolute Gasteiger partial charge is 0.416 e. The maximum atomic E-state index is 12.7. The highest BCUT2D eigenvalue weighted by atomic mass is 32.1. The second kappa shape index (κ2) is 5.01. The van der Waals surface area contributed by atoms with E-state index in [-0.39, 0.29) is 0 Å². The molecule has 1 aromatic carbocycles. The molecule has 0 radical (unpaired) electrons. The number of aromatic amines is 1. The zero-order chi connectivity index (χ0) is 15.1. The first-order chi connectivity index (χ1) is 9.21. The molecule has 0 saturated heterocycles. The minimum Gasteiger partial charge on any atom is -0.267 e. The molecule has 1 N–H and O–H groups in total. The van der Waals surface area contributed by atoms with Gasteiger partial charge >= 0.3 is 6.18 Å². The van der Waals surface area contributed by atoms with Crippen LogP contribution in [0.15, 0.2) is 18.2 Å². The summed E-state index contributed by atoms with van der Waals surface area (Å²) in [4.78, 5) is 0. The Hall–Kier alpha value is -1.69. The first kappa shape index (κ1) is 14.7. The standard InChI is InChI=1S/C14H13F3N2S/c1-7-6-10(14(15,16)17)4-5-11(7)12-8(2)9(3)13(20)19-18-12/h4-6H,1-3H3,(H,19,20). The highest BCUT2D eigenvalue weighted by molar-refractivity contribution is 7.71. The van der Waals surface area contributed by atoms with Crippen LogP contribution in [0.1, 0.15) is 22.3 Å². The molecule has 0 unspecified atom stereocenters. The van der Waals surface area contributed by atoms with Crippen molar-refractivity contribution < 1.29 is 13.2 Å². The summed E-state index contributed by atoms with van der Waals surface area (Å²) < 4.78 is 38.5. The van der Waals surface area contributed by atoms with Gasteiger partial charge < -0.3 is 0 Å². The number of rotatable bonds is 1. The maximum Gasteiger partial charge on any atom is 0.416 e. The van der Waals surface area contributed by atoms with Gasteiger partial charge in [0, 0.05) is 5.56 Å². The number of halogens is 3. The lowest BCUT2D eigenvalue weighted by molar-refractivity contribution is -0.137. The fourth-order valence-corrected chi connectivity index (χ4v) is 2.19. The molecule has 6 heteroatoms. The van der Waals surface area contributed by atoms with Crippen LogP contribution in [-0.2, 0) is 6.18 Å². The van der Waals surface area contributed by atoms with Crippen molar-refractivity contribution in [3.05, 3.63) is 45.1 Å². The van der Waals surface area contributed by atoms with Crippen molar-refractivity contribution >= 4 is 12.2 Å². The number of aromatic nitrogens is 2. The van der Waals surface area contributed by atoms with Crippen molar-refractivity contribution in [2.45, 2.75) is 26.9 Å². The molecule has 0 bridgehead atoms. The summed E-state index contributed by atoms with van der Waals surface area (Å²) in [5, 5.41) is 6.87. The summed E-state index contributed by atoms with van der Waals surface area (Å²) in [6.45, 7) is 5.36. The third kappa shape index (κ3) is 2.60. The van der Waals surface area contributed by atoms with Gasteiger partial charge in [-0.1, -0.05) is 18.3 Å². The average Bonchev–Trinajstić information content (AvgIpc) is 2.36. The van der Waals surface area contributed by atoms with Crippen LogP contribution in [0.4, 0.5) is 13.2 Å². The van der Waals surface area contributed by atoms with E-state index in [0.717, 1.165) is 23.3 Å². The molecule has 2 aromatic rings. The van der Waals surface area contributed by atoms with E-state index in [1.807, 2.05) is 13.8 Å². The lowest BCUT2D eigenvalue weighted by Gasteiger charge is -2.13. The molecule has 2 rings (SSSR count). The molecule has 0 spiro atoms. The first-order valence-corrected chi connectivity index (χ1v) is 6.36. The Morgan fingerprint density at radius 1 is 1.10 bits per heavy atom. The smallest absolute Gasteiger partial charge is 0.267 e. The molecule has 0 fully saturated rings. The van der Waals surface area contributed by atoms with Crippen molar-refractivity contribution in [2.75, 3.05) is 0 Å². The average molecular weight is 298 g/mol. The number of aryl methyl sites for hydroxylation is 1. The van der Waals surface area contributed by atoms with Crippen molar-refractivity contribution in [3.8, 4) is 11.3 Å². The number of nitrogens with one attached hydrogen (secondary N) is 1. The molecule has 1 aromatic heterocycles. The Labute approximate surface area is 119 Å². The molecule has 1 heterocycles. The number of alkyl halides is 3. The first-order valence-electron chi connectivity index (χ1n) is 5.96. The number of hydrogen-bond acceptors (Lipinski definition) is 2. The molecule has 0 atom stereocenters. The maximum absolute atomic E-state index is 12.7. The minimum absolute atomic E-state index is 0.528. The van der Waals surface area contributed by atoms with Gasteiger partial charge in [0.05, 0.1) is 11.3 Å². The van der Waals surface area contributed by atoms with Gasteiger partial charge in [-0.3, -0.25) is 5.10 Å². The molecule has 106 valence electrons. The number of benzene rings is 1. The predicted molar refractivity (Wildman–Crippen MR) is 74.1 cm³/mol. The van der Waals surface area contributed by atoms with Gasteiger partial charge in [0.15, 0.2) is 0 Å². The van der Waals surface area contributed by atoms with E-state index in [4.69, 9.17) is 12.2 Å². The Morgan fingerprint density at radius 3 is 2.30 bits per heavy atom. The van der Waals surface area contributed by atoms with E-state index >= 15 is 0 Å². The van der Waals surface area contributed by atoms with Gasteiger partial charge in [0.25, 0.3) is 0 Å². The fraction of sp³-hybridized carbons (Fsp3) is 0.286. The van der Waals surface area contributed by atoms with Crippen LogP contribution in [0.2, 0.25) is 0 Å². The van der Waals surface area contributed by atoms with Crippen LogP contribution in [0.25, 0.3) is 11.3 Å². The van der Waals surface area contributed by atoms with Gasteiger partial charge in [-0.05, 0) is 49.6 Å². The highest BCUT2D eigenvalue weighted by Crippen LogP contribution is 2.33. The van der Waals surface area contributed by atoms with Crippen molar-refractivity contribution in [1.82, 2.24) is 10.2 Å². The summed E-state index contributed by atoms with van der Waals surface area (Å²) in [6, 6.07) is 3.65. The molecular weight excluding hydrogens is 285 g/mol. The molecule has 0 saturated carbocycles. The van der Waals surface area contributed by atoms with Crippen LogP contribution in [0.3, 0.4) is 0 Å². The molecule has 2 nitrogen and oxygen atoms in total. The molecule has 20 heavy (non-hydrogen) atoms. The zero-order valence-electron chi connectivity index (χ0n) is 11.2. The van der Waals surface area contributed by atoms with Crippen LogP contribution < -0.4 is 0 Å². The van der Waals surface area contributed by atoms with Gasteiger partial charge in [-0.2, -0.15) is 18.3 Å². The number of H-pyrrole nitrogens is 1. The summed E-state index contributed by atoms with van der Waals surface area (Å²) >= 11 is 5.09. The van der Waals surface area contributed by atoms with Crippen molar-refractivity contribution in [2.24, 2.45) is 0 Å². The van der Waals surface area contributed by atoms with Crippen LogP contribution in [0, 0.1) is 25.4 Å². The monoisotopic (exact) mass is 298 g/mol. The minimum atomic E-state index is -4.34. The summed E-state index contributed by atoms with van der Waals surface area (Å²) in [7, 11) is 0. The molecule has 0 aliphatic heterocycles. The summed E-state index contributed by atoms with van der Waals surface area (Å²) in [5.41, 5.74) is 2.92. The zero-order valence-corrected chi connectivity index (χ0v) is 12.0. The fourth-order valence-electron chi connectivity index (χ4n) is 1.99. The van der Waals surface area contributed by atoms with Gasteiger partial charge in [0.2, 0.25) is 0 Å². The Morgan fingerprint density at radius 2 is 1.75 bits per heavy atom. The van der Waals surface area contributed by atoms with E-state index in [2.05, 4.69) is 10.2 Å². The van der Waals surface area contributed by atoms with Gasteiger partial charge in [0.1, 0.15) is 4.64 Å². The van der Waals surface area contributed by atoms with E-state index in [0.29, 0.717) is 21.5 Å². The second-order valence-corrected chi connectivity index (χ2v) is 5.09. The third-order valence-corrected chi connectivity index (χ3v) is 3.73. The Balaban J connectivity index is 2.61. The van der Waals surface area contributed by atoms with Crippen molar-refractivity contribution in [1.29, 1.82) is 0 Å². The molecule has 0 aliphatic rings. The van der Waals surface area contributed by atoms with Crippen LogP contribution >= 0.6 is 12.2 Å². The predicted octanol–water partition coefficient (Wildman–Crippen LogP) is 4.75. The van der Waals surface area contributed by atoms with Crippen LogP contribution in [-0.4, -0.2) is 10.2 Å². The SMILES string of the molecule is Cc1cc(C(F)(F)F)ccc1-c1n[nH]c(=S)c(C)c1C. The lowest BCUT2D eigenvalue weighted by atomic mass is 9.98. The van der Waals surface area contributed by atoms with E-state index < -0.39 is 11.7 Å².